The van der Waals surface area contributed by atoms with Crippen LogP contribution < -0.4 is 0 Å². The molecule has 1 aliphatic heterocycles. The van der Waals surface area contributed by atoms with E-state index in [2.05, 4.69) is 17.6 Å². The Labute approximate surface area is 93.8 Å². The van der Waals surface area contributed by atoms with Gasteiger partial charge in [-0.05, 0) is 29.4 Å². The van der Waals surface area contributed by atoms with Crippen LogP contribution in [0.25, 0.3) is 0 Å². The van der Waals surface area contributed by atoms with Crippen molar-refractivity contribution in [2.75, 3.05) is 0 Å². The molecule has 2 unspecified atom stereocenters. The van der Waals surface area contributed by atoms with Gasteiger partial charge in [0.2, 0.25) is 0 Å². The largest absolute Gasteiger partial charge is 0.198 e. The zero-order valence-corrected chi connectivity index (χ0v) is 9.44. The minimum Gasteiger partial charge on any atom is -0.198 e. The van der Waals surface area contributed by atoms with Crippen molar-refractivity contribution in [3.05, 3.63) is 22.6 Å². The molecule has 2 aliphatic rings. The zero-order valence-electron chi connectivity index (χ0n) is 7.87. The number of nitrogens with zero attached hydrogens (tertiary/aromatic N) is 1. The van der Waals surface area contributed by atoms with Crippen molar-refractivity contribution in [2.45, 2.75) is 36.3 Å². The van der Waals surface area contributed by atoms with Crippen LogP contribution in [0.5, 0.6) is 0 Å². The highest BCUT2D eigenvalue weighted by molar-refractivity contribution is 8.03. The van der Waals surface area contributed by atoms with Crippen LogP contribution in [-0.2, 0) is 0 Å². The van der Waals surface area contributed by atoms with E-state index in [0.717, 1.165) is 12.0 Å². The smallest absolute Gasteiger partial charge is 0.0669 e. The summed E-state index contributed by atoms with van der Waals surface area (Å²) in [6.45, 7) is 0. The highest BCUT2D eigenvalue weighted by Crippen LogP contribution is 2.40. The third-order valence-corrected chi connectivity index (χ3v) is 4.42. The van der Waals surface area contributed by atoms with Gasteiger partial charge in [0.1, 0.15) is 0 Å². The molecule has 2 atom stereocenters. The summed E-state index contributed by atoms with van der Waals surface area (Å²) < 4.78 is 0. The topological polar surface area (TPSA) is 23.8 Å². The average Bonchev–Trinajstić information content (AvgIpc) is 2.20. The monoisotopic (exact) mass is 225 g/mol. The second-order valence-corrected chi connectivity index (χ2v) is 5.30. The van der Waals surface area contributed by atoms with Crippen molar-refractivity contribution in [1.82, 2.24) is 0 Å². The number of hydrogen-bond donors (Lipinski definition) is 0. The van der Waals surface area contributed by atoms with Crippen LogP contribution in [-0.4, -0.2) is 10.6 Å². The van der Waals surface area contributed by atoms with E-state index in [1.807, 2.05) is 11.8 Å². The standard InChI is InChI=1S/C11H12ClNS/c12-10-2-1-3-11-9(10)6-8(4-5-13)7-14-11/h6-7,10-11H,1-4H2. The molecule has 2 rings (SSSR count). The predicted octanol–water partition coefficient (Wildman–Crippen LogP) is 3.62. The Kier molecular flexibility index (Phi) is 3.20. The molecule has 1 fully saturated rings. The van der Waals surface area contributed by atoms with E-state index in [9.17, 15) is 0 Å². The van der Waals surface area contributed by atoms with Crippen LogP contribution in [0.2, 0.25) is 0 Å². The fraction of sp³-hybridized carbons (Fsp3) is 0.545. The zero-order chi connectivity index (χ0) is 9.97. The summed E-state index contributed by atoms with van der Waals surface area (Å²) >= 11 is 8.10. The van der Waals surface area contributed by atoms with Crippen molar-refractivity contribution in [2.24, 2.45) is 0 Å². The highest BCUT2D eigenvalue weighted by Gasteiger charge is 2.27. The van der Waals surface area contributed by atoms with E-state index >= 15 is 0 Å². The molecule has 1 saturated carbocycles. The second-order valence-electron chi connectivity index (χ2n) is 3.70. The van der Waals surface area contributed by atoms with Gasteiger partial charge in [0.15, 0.2) is 0 Å². The van der Waals surface area contributed by atoms with E-state index < -0.39 is 0 Å². The van der Waals surface area contributed by atoms with Gasteiger partial charge in [0, 0.05) is 5.25 Å². The van der Waals surface area contributed by atoms with Crippen LogP contribution in [0, 0.1) is 11.3 Å². The summed E-state index contributed by atoms with van der Waals surface area (Å²) in [6.07, 6.45) is 6.19. The third-order valence-electron chi connectivity index (χ3n) is 2.68. The fourth-order valence-corrected chi connectivity index (χ4v) is 3.58. The first-order valence-corrected chi connectivity index (χ1v) is 6.26. The van der Waals surface area contributed by atoms with Gasteiger partial charge in [-0.1, -0.05) is 12.5 Å². The van der Waals surface area contributed by atoms with Crippen LogP contribution in [0.1, 0.15) is 25.7 Å². The molecular formula is C11H12ClNS. The number of allylic oxidation sites excluding steroid dienone is 2. The van der Waals surface area contributed by atoms with Gasteiger partial charge in [0.05, 0.1) is 17.9 Å². The Hall–Kier alpha value is -0.390. The Morgan fingerprint density at radius 2 is 2.43 bits per heavy atom. The molecule has 0 N–H and O–H groups in total. The van der Waals surface area contributed by atoms with Crippen LogP contribution in [0.3, 0.4) is 0 Å². The van der Waals surface area contributed by atoms with Gasteiger partial charge in [0.25, 0.3) is 0 Å². The third kappa shape index (κ3) is 1.99. The maximum absolute atomic E-state index is 8.62. The lowest BCUT2D eigenvalue weighted by Crippen LogP contribution is -2.23. The summed E-state index contributed by atoms with van der Waals surface area (Å²) in [6, 6.07) is 2.18. The average molecular weight is 226 g/mol. The molecule has 0 spiro atoms. The van der Waals surface area contributed by atoms with Gasteiger partial charge in [-0.2, -0.15) is 5.26 Å². The summed E-state index contributed by atoms with van der Waals surface area (Å²) in [5, 5.41) is 11.5. The molecule has 0 aromatic carbocycles. The first-order valence-electron chi connectivity index (χ1n) is 4.88. The molecule has 0 aromatic heterocycles. The molecule has 1 aliphatic carbocycles. The van der Waals surface area contributed by atoms with Crippen molar-refractivity contribution in [1.29, 1.82) is 5.26 Å². The van der Waals surface area contributed by atoms with Crippen molar-refractivity contribution >= 4 is 23.4 Å². The maximum Gasteiger partial charge on any atom is 0.0669 e. The number of fused-ring (bicyclic) bond motifs is 1. The van der Waals surface area contributed by atoms with Crippen molar-refractivity contribution in [3.63, 3.8) is 0 Å². The first kappa shape index (κ1) is 10.1. The van der Waals surface area contributed by atoms with Crippen LogP contribution >= 0.6 is 23.4 Å². The van der Waals surface area contributed by atoms with E-state index in [-0.39, 0.29) is 5.38 Å². The predicted molar refractivity (Wildman–Crippen MR) is 61.3 cm³/mol. The fourth-order valence-electron chi connectivity index (χ4n) is 1.95. The Bertz CT molecular complexity index is 327. The van der Waals surface area contributed by atoms with Crippen LogP contribution in [0.15, 0.2) is 22.6 Å². The van der Waals surface area contributed by atoms with Crippen molar-refractivity contribution in [3.8, 4) is 6.07 Å². The summed E-state index contributed by atoms with van der Waals surface area (Å²) in [5.41, 5.74) is 2.46. The van der Waals surface area contributed by atoms with E-state index in [1.54, 1.807) is 0 Å². The molecule has 1 heterocycles. The van der Waals surface area contributed by atoms with E-state index in [4.69, 9.17) is 16.9 Å². The Morgan fingerprint density at radius 3 is 3.21 bits per heavy atom. The molecule has 0 saturated heterocycles. The Morgan fingerprint density at radius 1 is 1.57 bits per heavy atom. The molecule has 14 heavy (non-hydrogen) atoms. The van der Waals surface area contributed by atoms with Gasteiger partial charge < -0.3 is 0 Å². The minimum absolute atomic E-state index is 0.198. The number of rotatable bonds is 1. The summed E-state index contributed by atoms with van der Waals surface area (Å²) in [4.78, 5) is 0. The molecule has 0 amide bonds. The maximum atomic E-state index is 8.62. The van der Waals surface area contributed by atoms with Crippen LogP contribution in [0.4, 0.5) is 0 Å². The van der Waals surface area contributed by atoms with E-state index in [1.165, 1.54) is 18.4 Å². The number of hydrogen-bond acceptors (Lipinski definition) is 2. The number of alkyl halides is 1. The minimum atomic E-state index is 0.198. The molecule has 74 valence electrons. The molecular weight excluding hydrogens is 214 g/mol. The summed E-state index contributed by atoms with van der Waals surface area (Å²) in [5.74, 6) is 0. The highest BCUT2D eigenvalue weighted by atomic mass is 35.5. The molecule has 1 nitrogen and oxygen atoms in total. The first-order chi connectivity index (χ1) is 6.81. The lowest BCUT2D eigenvalue weighted by atomic mass is 9.92. The number of halogens is 1. The molecule has 0 aromatic rings. The second kappa shape index (κ2) is 4.42. The quantitative estimate of drug-likeness (QED) is 0.637. The molecule has 0 bridgehead atoms. The normalized spacial score (nSPS) is 31.1. The number of nitriles is 1. The lowest BCUT2D eigenvalue weighted by Gasteiger charge is -2.30. The number of thioether (sulfide) groups is 1. The van der Waals surface area contributed by atoms with Gasteiger partial charge in [-0.3, -0.25) is 0 Å². The van der Waals surface area contributed by atoms with Crippen molar-refractivity contribution < 1.29 is 0 Å². The molecule has 3 heteroatoms. The van der Waals surface area contributed by atoms with Gasteiger partial charge >= 0.3 is 0 Å². The lowest BCUT2D eigenvalue weighted by molar-refractivity contribution is 0.614. The molecule has 0 radical (unpaired) electrons. The Balaban J connectivity index is 2.17. The van der Waals surface area contributed by atoms with Gasteiger partial charge in [-0.25, -0.2) is 0 Å². The van der Waals surface area contributed by atoms with E-state index in [0.29, 0.717) is 11.7 Å². The summed E-state index contributed by atoms with van der Waals surface area (Å²) in [7, 11) is 0. The SMILES string of the molecule is N#CCC1=CSC2CCCC(Cl)C2=C1. The van der Waals surface area contributed by atoms with Gasteiger partial charge in [-0.15, -0.1) is 23.4 Å².